The van der Waals surface area contributed by atoms with Gasteiger partial charge in [-0.3, -0.25) is 4.79 Å². The van der Waals surface area contributed by atoms with E-state index in [4.69, 9.17) is 9.47 Å². The minimum Gasteiger partial charge on any atom is -0.497 e. The molecule has 1 fully saturated rings. The standard InChI is InChI=1S/C22H24N2O3/c1-26-16-9-10-21(27-2)18(13-16)20-8-5-11-24(20)22(25)12-15-14-23-19-7-4-3-6-17(15)19/h3-4,6-7,9-10,13-14,20,23H,5,8,11-12H2,1-2H3. The van der Waals surface area contributed by atoms with Gasteiger partial charge in [0.2, 0.25) is 5.91 Å². The van der Waals surface area contributed by atoms with Crippen molar-refractivity contribution in [2.75, 3.05) is 20.8 Å². The zero-order valence-corrected chi connectivity index (χ0v) is 15.7. The first kappa shape index (κ1) is 17.5. The third kappa shape index (κ3) is 3.25. The molecule has 0 bridgehead atoms. The van der Waals surface area contributed by atoms with Gasteiger partial charge in [-0.2, -0.15) is 0 Å². The fourth-order valence-corrected chi connectivity index (χ4v) is 4.03. The largest absolute Gasteiger partial charge is 0.497 e. The minimum atomic E-state index is 0.0211. The molecule has 1 aliphatic rings. The van der Waals surface area contributed by atoms with Crippen LogP contribution < -0.4 is 9.47 Å². The first-order chi connectivity index (χ1) is 13.2. The summed E-state index contributed by atoms with van der Waals surface area (Å²) < 4.78 is 10.9. The number of likely N-dealkylation sites (tertiary alicyclic amines) is 1. The Balaban J connectivity index is 1.60. The Morgan fingerprint density at radius 1 is 1.19 bits per heavy atom. The molecular formula is C22H24N2O3. The van der Waals surface area contributed by atoms with E-state index in [2.05, 4.69) is 11.1 Å². The number of benzene rings is 2. The quantitative estimate of drug-likeness (QED) is 0.742. The second-order valence-corrected chi connectivity index (χ2v) is 6.89. The van der Waals surface area contributed by atoms with Crippen LogP contribution in [0.4, 0.5) is 0 Å². The Morgan fingerprint density at radius 2 is 2.04 bits per heavy atom. The highest BCUT2D eigenvalue weighted by molar-refractivity contribution is 5.89. The maximum Gasteiger partial charge on any atom is 0.227 e. The minimum absolute atomic E-state index is 0.0211. The molecule has 1 aromatic heterocycles. The number of aromatic nitrogens is 1. The predicted octanol–water partition coefficient (Wildman–Crippen LogP) is 4.09. The lowest BCUT2D eigenvalue weighted by molar-refractivity contribution is -0.131. The lowest BCUT2D eigenvalue weighted by Crippen LogP contribution is -2.32. The third-order valence-corrected chi connectivity index (χ3v) is 5.39. The molecule has 2 heterocycles. The highest BCUT2D eigenvalue weighted by Crippen LogP contribution is 2.39. The van der Waals surface area contributed by atoms with Crippen molar-refractivity contribution in [3.8, 4) is 11.5 Å². The van der Waals surface area contributed by atoms with Crippen molar-refractivity contribution in [1.29, 1.82) is 0 Å². The second-order valence-electron chi connectivity index (χ2n) is 6.89. The van der Waals surface area contributed by atoms with Gasteiger partial charge in [0.1, 0.15) is 11.5 Å². The van der Waals surface area contributed by atoms with Gasteiger partial charge >= 0.3 is 0 Å². The van der Waals surface area contributed by atoms with E-state index in [1.165, 1.54) is 0 Å². The van der Waals surface area contributed by atoms with Gasteiger partial charge in [0.15, 0.2) is 0 Å². The van der Waals surface area contributed by atoms with Gasteiger partial charge in [-0.25, -0.2) is 0 Å². The molecule has 3 aromatic rings. The average Bonchev–Trinajstić information content (AvgIpc) is 3.35. The number of methoxy groups -OCH3 is 2. The van der Waals surface area contributed by atoms with Crippen molar-refractivity contribution in [2.24, 2.45) is 0 Å². The number of carbonyl (C=O) groups is 1. The lowest BCUT2D eigenvalue weighted by Gasteiger charge is -2.26. The molecule has 5 nitrogen and oxygen atoms in total. The van der Waals surface area contributed by atoms with Gasteiger partial charge in [0.05, 0.1) is 26.7 Å². The molecule has 4 rings (SSSR count). The Bertz CT molecular complexity index is 963. The lowest BCUT2D eigenvalue weighted by atomic mass is 10.0. The monoisotopic (exact) mass is 364 g/mol. The van der Waals surface area contributed by atoms with E-state index in [0.29, 0.717) is 6.42 Å². The predicted molar refractivity (Wildman–Crippen MR) is 105 cm³/mol. The zero-order valence-electron chi connectivity index (χ0n) is 15.7. The molecule has 1 unspecified atom stereocenters. The molecule has 0 radical (unpaired) electrons. The molecule has 0 aliphatic carbocycles. The molecule has 140 valence electrons. The molecule has 27 heavy (non-hydrogen) atoms. The van der Waals surface area contributed by atoms with E-state index >= 15 is 0 Å². The van der Waals surface area contributed by atoms with Crippen LogP contribution in [-0.2, 0) is 11.2 Å². The van der Waals surface area contributed by atoms with Crippen molar-refractivity contribution < 1.29 is 14.3 Å². The normalized spacial score (nSPS) is 16.7. The van der Waals surface area contributed by atoms with Crippen LogP contribution in [0.3, 0.4) is 0 Å². The fraction of sp³-hybridized carbons (Fsp3) is 0.318. The topological polar surface area (TPSA) is 54.6 Å². The summed E-state index contributed by atoms with van der Waals surface area (Å²) in [5, 5.41) is 1.11. The summed E-state index contributed by atoms with van der Waals surface area (Å²) >= 11 is 0. The number of hydrogen-bond acceptors (Lipinski definition) is 3. The zero-order chi connectivity index (χ0) is 18.8. The first-order valence-electron chi connectivity index (χ1n) is 9.27. The highest BCUT2D eigenvalue weighted by Gasteiger charge is 2.32. The van der Waals surface area contributed by atoms with Crippen molar-refractivity contribution >= 4 is 16.8 Å². The summed E-state index contributed by atoms with van der Waals surface area (Å²) in [6.45, 7) is 0.770. The molecule has 1 N–H and O–H groups in total. The van der Waals surface area contributed by atoms with Crippen molar-refractivity contribution in [3.63, 3.8) is 0 Å². The Kier molecular flexibility index (Phi) is 4.75. The van der Waals surface area contributed by atoms with E-state index in [0.717, 1.165) is 52.9 Å². The number of fused-ring (bicyclic) bond motifs is 1. The number of para-hydroxylation sites is 1. The number of rotatable bonds is 5. The fourth-order valence-electron chi connectivity index (χ4n) is 4.03. The molecule has 1 atom stereocenters. The summed E-state index contributed by atoms with van der Waals surface area (Å²) in [5.74, 6) is 1.72. The summed E-state index contributed by atoms with van der Waals surface area (Å²) in [4.78, 5) is 18.4. The van der Waals surface area contributed by atoms with Gasteiger partial charge in [-0.15, -0.1) is 0 Å². The smallest absolute Gasteiger partial charge is 0.227 e. The van der Waals surface area contributed by atoms with E-state index in [9.17, 15) is 4.79 Å². The van der Waals surface area contributed by atoms with Crippen LogP contribution in [-0.4, -0.2) is 36.6 Å². The molecule has 2 aromatic carbocycles. The number of amides is 1. The Morgan fingerprint density at radius 3 is 2.85 bits per heavy atom. The van der Waals surface area contributed by atoms with Crippen LogP contribution in [0.15, 0.2) is 48.7 Å². The average molecular weight is 364 g/mol. The van der Waals surface area contributed by atoms with Crippen LogP contribution in [0.1, 0.15) is 30.0 Å². The van der Waals surface area contributed by atoms with E-state index in [1.54, 1.807) is 14.2 Å². The maximum atomic E-state index is 13.1. The summed E-state index contributed by atoms with van der Waals surface area (Å²) in [5.41, 5.74) is 3.12. The van der Waals surface area contributed by atoms with Crippen LogP contribution in [0, 0.1) is 0 Å². The number of hydrogen-bond donors (Lipinski definition) is 1. The number of aromatic amines is 1. The SMILES string of the molecule is COc1ccc(OC)c(C2CCCN2C(=O)Cc2c[nH]c3ccccc23)c1. The number of ether oxygens (including phenoxy) is 2. The van der Waals surface area contributed by atoms with Crippen LogP contribution in [0.2, 0.25) is 0 Å². The van der Waals surface area contributed by atoms with Crippen molar-refractivity contribution in [1.82, 2.24) is 9.88 Å². The van der Waals surface area contributed by atoms with Gasteiger partial charge in [-0.1, -0.05) is 18.2 Å². The molecule has 0 saturated carbocycles. The molecule has 1 amide bonds. The summed E-state index contributed by atoms with van der Waals surface area (Å²) in [6.07, 6.45) is 4.26. The Labute approximate surface area is 158 Å². The second kappa shape index (κ2) is 7.35. The van der Waals surface area contributed by atoms with Gasteiger partial charge in [-0.05, 0) is 42.7 Å². The van der Waals surface area contributed by atoms with E-state index < -0.39 is 0 Å². The number of nitrogens with one attached hydrogen (secondary N) is 1. The number of carbonyl (C=O) groups excluding carboxylic acids is 1. The van der Waals surface area contributed by atoms with E-state index in [1.807, 2.05) is 47.5 Å². The highest BCUT2D eigenvalue weighted by atomic mass is 16.5. The molecule has 1 aliphatic heterocycles. The summed E-state index contributed by atoms with van der Waals surface area (Å²) in [7, 11) is 3.32. The van der Waals surface area contributed by atoms with Crippen LogP contribution >= 0.6 is 0 Å². The van der Waals surface area contributed by atoms with E-state index in [-0.39, 0.29) is 11.9 Å². The molecule has 5 heteroatoms. The summed E-state index contributed by atoms with van der Waals surface area (Å²) in [6, 6.07) is 13.9. The van der Waals surface area contributed by atoms with Gasteiger partial charge in [0.25, 0.3) is 0 Å². The molecular weight excluding hydrogens is 340 g/mol. The third-order valence-electron chi connectivity index (χ3n) is 5.39. The molecule has 0 spiro atoms. The van der Waals surface area contributed by atoms with Gasteiger partial charge in [0, 0.05) is 29.2 Å². The van der Waals surface area contributed by atoms with Crippen molar-refractivity contribution in [3.05, 3.63) is 59.8 Å². The van der Waals surface area contributed by atoms with Crippen LogP contribution in [0.25, 0.3) is 10.9 Å². The maximum absolute atomic E-state index is 13.1. The van der Waals surface area contributed by atoms with Crippen molar-refractivity contribution in [2.45, 2.75) is 25.3 Å². The number of nitrogens with zero attached hydrogens (tertiary/aromatic N) is 1. The number of H-pyrrole nitrogens is 1. The first-order valence-corrected chi connectivity index (χ1v) is 9.27. The molecule has 1 saturated heterocycles. The Hall–Kier alpha value is -2.95. The van der Waals surface area contributed by atoms with Gasteiger partial charge < -0.3 is 19.4 Å². The van der Waals surface area contributed by atoms with Crippen LogP contribution in [0.5, 0.6) is 11.5 Å².